The van der Waals surface area contributed by atoms with Gasteiger partial charge in [-0.15, -0.1) is 0 Å². The van der Waals surface area contributed by atoms with E-state index < -0.39 is 0 Å². The minimum Gasteiger partial charge on any atom is -0.379 e. The second-order valence-electron chi connectivity index (χ2n) is 5.15. The van der Waals surface area contributed by atoms with E-state index in [1.54, 1.807) is 0 Å². The van der Waals surface area contributed by atoms with E-state index in [-0.39, 0.29) is 0 Å². The molecule has 0 saturated heterocycles. The third kappa shape index (κ3) is 1.51. The Kier molecular flexibility index (Phi) is 2.43. The number of fused-ring (bicyclic) bond motifs is 5. The van der Waals surface area contributed by atoms with Gasteiger partial charge in [-0.1, -0.05) is 48.6 Å². The number of hydrogen-bond acceptors (Lipinski definition) is 1. The van der Waals surface area contributed by atoms with Gasteiger partial charge < -0.3 is 10.3 Å². The number of H-pyrrole nitrogens is 1. The molecule has 2 heteroatoms. The normalized spacial score (nSPS) is 16.4. The van der Waals surface area contributed by atoms with Crippen LogP contribution in [0, 0.1) is 0 Å². The molecule has 0 unspecified atom stereocenters. The fourth-order valence-electron chi connectivity index (χ4n) is 3.01. The highest BCUT2D eigenvalue weighted by atomic mass is 14.9. The summed E-state index contributed by atoms with van der Waals surface area (Å²) in [6.07, 6.45) is 6.35. The number of para-hydroxylation sites is 1. The van der Waals surface area contributed by atoms with E-state index in [2.05, 4.69) is 64.9 Å². The SMILES string of the molecule is CC=CC=C1CNc2c1ccc1c2[nH]c2ccccc21. The highest BCUT2D eigenvalue weighted by Crippen LogP contribution is 2.39. The highest BCUT2D eigenvalue weighted by molar-refractivity contribution is 6.14. The van der Waals surface area contributed by atoms with Gasteiger partial charge in [0.2, 0.25) is 0 Å². The summed E-state index contributed by atoms with van der Waals surface area (Å²) in [5, 5.41) is 6.11. The van der Waals surface area contributed by atoms with Crippen molar-refractivity contribution in [3.05, 3.63) is 60.2 Å². The molecule has 2 aromatic carbocycles. The Morgan fingerprint density at radius 1 is 1.05 bits per heavy atom. The number of hydrogen-bond donors (Lipinski definition) is 2. The van der Waals surface area contributed by atoms with E-state index in [0.717, 1.165) is 6.54 Å². The molecule has 2 heterocycles. The summed E-state index contributed by atoms with van der Waals surface area (Å²) in [6, 6.07) is 12.9. The smallest absolute Gasteiger partial charge is 0.0707 e. The van der Waals surface area contributed by atoms with Crippen molar-refractivity contribution in [2.75, 3.05) is 11.9 Å². The summed E-state index contributed by atoms with van der Waals surface area (Å²) in [7, 11) is 0. The molecule has 2 N–H and O–H groups in total. The molecule has 0 spiro atoms. The third-order valence-corrected chi connectivity index (χ3v) is 3.97. The van der Waals surface area contributed by atoms with E-state index in [0.29, 0.717) is 0 Å². The lowest BCUT2D eigenvalue weighted by molar-refractivity contribution is 1.44. The predicted molar refractivity (Wildman–Crippen MR) is 87.1 cm³/mol. The topological polar surface area (TPSA) is 27.8 Å². The Bertz CT molecular complexity index is 866. The molecule has 0 amide bonds. The number of anilines is 1. The molecule has 98 valence electrons. The maximum Gasteiger partial charge on any atom is 0.0707 e. The standard InChI is InChI=1S/C18H16N2/c1-2-3-6-12-11-19-17-13(12)9-10-15-14-7-4-5-8-16(14)20-18(15)17/h2-10,19-20H,11H2,1H3. The van der Waals surface area contributed by atoms with Crippen LogP contribution in [0.4, 0.5) is 5.69 Å². The van der Waals surface area contributed by atoms with Gasteiger partial charge in [0.15, 0.2) is 0 Å². The van der Waals surface area contributed by atoms with Crippen molar-refractivity contribution in [2.45, 2.75) is 6.92 Å². The maximum atomic E-state index is 3.55. The number of rotatable bonds is 1. The first-order chi connectivity index (χ1) is 9.88. The summed E-state index contributed by atoms with van der Waals surface area (Å²) in [5.74, 6) is 0. The van der Waals surface area contributed by atoms with Crippen LogP contribution in [0.25, 0.3) is 27.4 Å². The Morgan fingerprint density at radius 3 is 2.85 bits per heavy atom. The van der Waals surface area contributed by atoms with Crippen LogP contribution in [0.3, 0.4) is 0 Å². The first kappa shape index (κ1) is 11.4. The molecular formula is C18H16N2. The van der Waals surface area contributed by atoms with Gasteiger partial charge in [0.1, 0.15) is 0 Å². The van der Waals surface area contributed by atoms with Crippen molar-refractivity contribution in [3.8, 4) is 0 Å². The minimum absolute atomic E-state index is 0.897. The van der Waals surface area contributed by atoms with Crippen LogP contribution in [0.5, 0.6) is 0 Å². The predicted octanol–water partition coefficient (Wildman–Crippen LogP) is 4.71. The van der Waals surface area contributed by atoms with Gasteiger partial charge >= 0.3 is 0 Å². The molecule has 3 aromatic rings. The zero-order valence-electron chi connectivity index (χ0n) is 11.4. The summed E-state index contributed by atoms with van der Waals surface area (Å²) in [4.78, 5) is 3.55. The quantitative estimate of drug-likeness (QED) is 0.651. The summed E-state index contributed by atoms with van der Waals surface area (Å²) >= 11 is 0. The maximum absolute atomic E-state index is 3.55. The fourth-order valence-corrected chi connectivity index (χ4v) is 3.01. The number of nitrogens with one attached hydrogen (secondary N) is 2. The molecule has 0 saturated carbocycles. The van der Waals surface area contributed by atoms with Crippen LogP contribution in [0.15, 0.2) is 54.6 Å². The van der Waals surface area contributed by atoms with E-state index in [1.807, 2.05) is 6.92 Å². The van der Waals surface area contributed by atoms with E-state index in [9.17, 15) is 0 Å². The number of allylic oxidation sites excluding steroid dienone is 3. The first-order valence-electron chi connectivity index (χ1n) is 6.98. The first-order valence-corrected chi connectivity index (χ1v) is 6.98. The summed E-state index contributed by atoms with van der Waals surface area (Å²) in [6.45, 7) is 2.94. The van der Waals surface area contributed by atoms with Crippen LogP contribution in [0.2, 0.25) is 0 Å². The lowest BCUT2D eigenvalue weighted by atomic mass is 10.0. The molecule has 4 rings (SSSR count). The zero-order valence-corrected chi connectivity index (χ0v) is 11.4. The summed E-state index contributed by atoms with van der Waals surface area (Å²) < 4.78 is 0. The van der Waals surface area contributed by atoms with Gasteiger partial charge in [-0.05, 0) is 18.6 Å². The molecule has 1 aliphatic rings. The van der Waals surface area contributed by atoms with Crippen LogP contribution in [-0.4, -0.2) is 11.5 Å². The molecule has 0 aliphatic carbocycles. The van der Waals surface area contributed by atoms with Crippen molar-refractivity contribution in [3.63, 3.8) is 0 Å². The Morgan fingerprint density at radius 2 is 1.95 bits per heavy atom. The lowest BCUT2D eigenvalue weighted by Gasteiger charge is -2.01. The van der Waals surface area contributed by atoms with Crippen molar-refractivity contribution in [1.82, 2.24) is 4.98 Å². The van der Waals surface area contributed by atoms with Crippen LogP contribution < -0.4 is 5.32 Å². The number of aromatic amines is 1. The number of benzene rings is 2. The number of aromatic nitrogens is 1. The minimum atomic E-state index is 0.897. The third-order valence-electron chi connectivity index (χ3n) is 3.97. The molecule has 1 aromatic heterocycles. The van der Waals surface area contributed by atoms with Gasteiger partial charge in [0.25, 0.3) is 0 Å². The molecule has 0 radical (unpaired) electrons. The van der Waals surface area contributed by atoms with Crippen LogP contribution in [-0.2, 0) is 0 Å². The van der Waals surface area contributed by atoms with Crippen LogP contribution in [0.1, 0.15) is 12.5 Å². The molecular weight excluding hydrogens is 244 g/mol. The molecule has 2 nitrogen and oxygen atoms in total. The molecule has 1 aliphatic heterocycles. The second-order valence-corrected chi connectivity index (χ2v) is 5.15. The molecule has 20 heavy (non-hydrogen) atoms. The van der Waals surface area contributed by atoms with Crippen LogP contribution >= 0.6 is 0 Å². The van der Waals surface area contributed by atoms with Crippen molar-refractivity contribution >= 4 is 33.1 Å². The van der Waals surface area contributed by atoms with Gasteiger partial charge in [0.05, 0.1) is 11.2 Å². The van der Waals surface area contributed by atoms with Gasteiger partial charge in [-0.2, -0.15) is 0 Å². The van der Waals surface area contributed by atoms with Crippen molar-refractivity contribution < 1.29 is 0 Å². The average Bonchev–Trinajstić information content (AvgIpc) is 3.06. The molecule has 0 bridgehead atoms. The average molecular weight is 260 g/mol. The Hall–Kier alpha value is -2.48. The Labute approximate surface area is 117 Å². The fraction of sp³-hybridized carbons (Fsp3) is 0.111. The van der Waals surface area contributed by atoms with Crippen molar-refractivity contribution in [1.29, 1.82) is 0 Å². The summed E-state index contributed by atoms with van der Waals surface area (Å²) in [5.41, 5.74) is 6.30. The van der Waals surface area contributed by atoms with Gasteiger partial charge in [-0.25, -0.2) is 0 Å². The second kappa shape index (κ2) is 4.27. The monoisotopic (exact) mass is 260 g/mol. The Balaban J connectivity index is 2.02. The van der Waals surface area contributed by atoms with Crippen molar-refractivity contribution in [2.24, 2.45) is 0 Å². The van der Waals surface area contributed by atoms with Gasteiger partial charge in [0, 0.05) is 28.4 Å². The lowest BCUT2D eigenvalue weighted by Crippen LogP contribution is -1.91. The highest BCUT2D eigenvalue weighted by Gasteiger charge is 2.19. The van der Waals surface area contributed by atoms with E-state index in [4.69, 9.17) is 0 Å². The largest absolute Gasteiger partial charge is 0.379 e. The molecule has 0 atom stereocenters. The zero-order chi connectivity index (χ0) is 13.5. The van der Waals surface area contributed by atoms with E-state index in [1.165, 1.54) is 38.6 Å². The van der Waals surface area contributed by atoms with Gasteiger partial charge in [-0.3, -0.25) is 0 Å². The van der Waals surface area contributed by atoms with E-state index >= 15 is 0 Å². The molecule has 0 fully saturated rings.